The average Bonchev–Trinajstić information content (AvgIpc) is 0.786. The zero-order chi connectivity index (χ0) is 62.0. The van der Waals surface area contributed by atoms with Crippen molar-refractivity contribution in [3.63, 3.8) is 0 Å². The number of fused-ring (bicyclic) bond motifs is 2. The van der Waals surface area contributed by atoms with Crippen LogP contribution >= 0.6 is 11.3 Å². The number of carbonyl (C=O) groups excluding carboxylic acids is 5. The third-order valence-corrected chi connectivity index (χ3v) is 19.1. The number of nitrogens with one attached hydrogen (secondary N) is 2. The molecule has 4 bridgehead atoms. The number of carbonyl (C=O) groups is 6. The van der Waals surface area contributed by atoms with Crippen LogP contribution in [0.4, 0.5) is 15.7 Å². The van der Waals surface area contributed by atoms with Crippen molar-refractivity contribution in [2.24, 2.45) is 16.2 Å². The van der Waals surface area contributed by atoms with Gasteiger partial charge in [0.2, 0.25) is 5.91 Å². The molecule has 5 amide bonds. The fourth-order valence-corrected chi connectivity index (χ4v) is 16.2. The molecule has 23 nitrogen and oxygen atoms in total. The van der Waals surface area contributed by atoms with Crippen LogP contribution in [0, 0.1) is 23.2 Å². The van der Waals surface area contributed by atoms with E-state index in [9.17, 15) is 46.8 Å². The maximum Gasteiger partial charge on any atom is 0.410 e. The van der Waals surface area contributed by atoms with E-state index in [4.69, 9.17) is 29.0 Å². The lowest BCUT2D eigenvalue weighted by molar-refractivity contribution is -0.248. The summed E-state index contributed by atoms with van der Waals surface area (Å²) in [5.74, 6) is -2.49. The molecule has 3 aromatic carbocycles. The van der Waals surface area contributed by atoms with E-state index in [1.165, 1.54) is 16.2 Å². The molecular weight excluding hydrogens is 1170 g/mol. The van der Waals surface area contributed by atoms with Crippen LogP contribution in [-0.2, 0) is 64.8 Å². The number of carboxylic acid groups (broad SMARTS) is 1. The lowest BCUT2D eigenvalue weighted by atomic mass is 9.39. The third-order valence-electron chi connectivity index (χ3n) is 17.5. The lowest BCUT2D eigenvalue weighted by Crippen LogP contribution is -2.64. The number of benzene rings is 3. The summed E-state index contributed by atoms with van der Waals surface area (Å²) in [6.07, 6.45) is 8.99. The molecule has 6 aliphatic rings. The molecule has 4 N–H and O–H groups in total. The molecule has 25 heteroatoms. The molecule has 5 heterocycles. The average molecular weight is 1240 g/mol. The number of amides is 5. The van der Waals surface area contributed by atoms with Crippen LogP contribution in [0.5, 0.6) is 5.75 Å². The van der Waals surface area contributed by atoms with Gasteiger partial charge in [0, 0.05) is 92.3 Å². The van der Waals surface area contributed by atoms with E-state index < -0.39 is 45.3 Å². The van der Waals surface area contributed by atoms with E-state index in [0.717, 1.165) is 76.2 Å². The van der Waals surface area contributed by atoms with Crippen molar-refractivity contribution in [2.75, 3.05) is 75.1 Å². The molecule has 4 aliphatic carbocycles. The Morgan fingerprint density at radius 2 is 1.59 bits per heavy atom. The van der Waals surface area contributed by atoms with Crippen LogP contribution in [0.2, 0.25) is 0 Å². The van der Waals surface area contributed by atoms with Gasteiger partial charge < -0.3 is 39.2 Å². The summed E-state index contributed by atoms with van der Waals surface area (Å²) in [6, 6.07) is 24.0. The summed E-state index contributed by atoms with van der Waals surface area (Å²) >= 11 is 1.41. The molecule has 12 rings (SSSR count). The van der Waals surface area contributed by atoms with Crippen LogP contribution in [0.3, 0.4) is 0 Å². The Kier molecular flexibility index (Phi) is 17.6. The number of pyridine rings is 1. The summed E-state index contributed by atoms with van der Waals surface area (Å²) in [5, 5.41) is 21.8. The van der Waals surface area contributed by atoms with Gasteiger partial charge in [-0.05, 0) is 116 Å². The Hall–Kier alpha value is -8.10. The summed E-state index contributed by atoms with van der Waals surface area (Å²) in [7, 11) is -4.46. The number of hydrogen-bond donors (Lipinski definition) is 4. The van der Waals surface area contributed by atoms with E-state index in [-0.39, 0.29) is 99.4 Å². The van der Waals surface area contributed by atoms with Crippen LogP contribution in [0.25, 0.3) is 21.3 Å². The number of nitrogens with zero attached hydrogens (tertiary/aromatic N) is 7. The normalized spacial score (nSPS) is 21.9. The number of anilines is 2. The second-order valence-electron chi connectivity index (χ2n) is 24.6. The van der Waals surface area contributed by atoms with Crippen molar-refractivity contribution in [1.29, 1.82) is 0 Å². The number of hydrogen-bond acceptors (Lipinski definition) is 17. The number of carboxylic acids is 1. The zero-order valence-electron chi connectivity index (χ0n) is 49.3. The minimum Gasteiger partial charge on any atom is -0.491 e. The molecular formula is C63H71N9O14S2. The highest BCUT2D eigenvalue weighted by molar-refractivity contribution is 7.85. The first-order valence-corrected chi connectivity index (χ1v) is 31.9. The molecule has 464 valence electrons. The number of aromatic nitrogens is 4. The van der Waals surface area contributed by atoms with Crippen LogP contribution in [-0.4, -0.2) is 154 Å². The van der Waals surface area contributed by atoms with E-state index in [2.05, 4.69) is 29.5 Å². The number of para-hydroxylation sites is 2. The van der Waals surface area contributed by atoms with Crippen molar-refractivity contribution < 1.29 is 65.8 Å². The Morgan fingerprint density at radius 1 is 0.830 bits per heavy atom. The summed E-state index contributed by atoms with van der Waals surface area (Å²) in [5.41, 5.74) is 4.56. The SMILES string of the molecule is Cc1c(-c2ccc(N3CCc4cccc(C(=O)Nc5nc6ccccc6s5)c4C3)nc2C(=O)O)cnn1CC12CC3(C)CC(C)(C1)CC(OCCN(CCS(=O)(=O)O)C(=O)OCc1ccccc1OCCOCCNC(=O)CCN1C(=O)C=CC1=O)(C3)C2. The quantitative estimate of drug-likeness (QED) is 0.0228. The molecule has 6 aromatic rings. The van der Waals surface area contributed by atoms with Crippen molar-refractivity contribution in [1.82, 2.24) is 34.9 Å². The minimum atomic E-state index is -4.46. The number of ether oxygens (including phenoxy) is 4. The Morgan fingerprint density at radius 3 is 2.35 bits per heavy atom. The molecule has 4 saturated carbocycles. The molecule has 0 radical (unpaired) electrons. The minimum absolute atomic E-state index is 0.0167. The summed E-state index contributed by atoms with van der Waals surface area (Å²) in [6.45, 7) is 8.21. The van der Waals surface area contributed by atoms with E-state index in [1.54, 1.807) is 42.6 Å². The molecule has 2 aliphatic heterocycles. The Bertz CT molecular complexity index is 3780. The first kappa shape index (κ1) is 61.5. The molecule has 0 spiro atoms. The predicted octanol–water partition coefficient (Wildman–Crippen LogP) is 7.87. The number of aromatic carboxylic acids is 1. The van der Waals surface area contributed by atoms with Gasteiger partial charge >= 0.3 is 12.1 Å². The smallest absolute Gasteiger partial charge is 0.410 e. The van der Waals surface area contributed by atoms with Gasteiger partial charge in [-0.2, -0.15) is 13.5 Å². The zero-order valence-corrected chi connectivity index (χ0v) is 51.0. The monoisotopic (exact) mass is 1240 g/mol. The molecule has 88 heavy (non-hydrogen) atoms. The Labute approximate surface area is 513 Å². The highest BCUT2D eigenvalue weighted by atomic mass is 32.2. The van der Waals surface area contributed by atoms with Gasteiger partial charge in [-0.15, -0.1) is 0 Å². The second-order valence-corrected chi connectivity index (χ2v) is 27.2. The topological polar surface area (TPSA) is 291 Å². The number of thiazole rings is 1. The van der Waals surface area contributed by atoms with Crippen molar-refractivity contribution in [2.45, 2.75) is 97.4 Å². The first-order valence-electron chi connectivity index (χ1n) is 29.5. The molecule has 2 atom stereocenters. The fourth-order valence-electron chi connectivity index (χ4n) is 14.8. The Balaban J connectivity index is 0.706. The van der Waals surface area contributed by atoms with Crippen molar-refractivity contribution >= 4 is 78.3 Å². The predicted molar refractivity (Wildman–Crippen MR) is 325 cm³/mol. The van der Waals surface area contributed by atoms with Crippen LogP contribution in [0.1, 0.15) is 102 Å². The van der Waals surface area contributed by atoms with Crippen molar-refractivity contribution in [3.05, 3.63) is 131 Å². The highest BCUT2D eigenvalue weighted by Gasteiger charge is 2.66. The molecule has 2 unspecified atom stereocenters. The van der Waals surface area contributed by atoms with Gasteiger partial charge in [0.25, 0.3) is 27.8 Å². The summed E-state index contributed by atoms with van der Waals surface area (Å²) < 4.78 is 61.0. The van der Waals surface area contributed by atoms with Gasteiger partial charge in [0.15, 0.2) is 10.8 Å². The molecule has 4 fully saturated rings. The second kappa shape index (κ2) is 25.2. The highest BCUT2D eigenvalue weighted by Crippen LogP contribution is 2.72. The number of imide groups is 1. The van der Waals surface area contributed by atoms with E-state index in [1.807, 2.05) is 59.0 Å². The fraction of sp³-hybridized carbons (Fsp3) is 0.444. The van der Waals surface area contributed by atoms with E-state index >= 15 is 0 Å². The lowest BCUT2D eigenvalue weighted by Gasteiger charge is -2.69. The maximum absolute atomic E-state index is 13.8. The van der Waals surface area contributed by atoms with Gasteiger partial charge in [0.1, 0.15) is 24.8 Å². The molecule has 0 saturated heterocycles. The standard InChI is InChI=1S/C63H71N9O14S2/c1-41-46(44-15-16-51(67-55(44)57(77)78)70-22-19-42-10-8-11-45(47(42)32-70)56(76)68-58-66-48-12-5-7-14-50(48)87-58)31-65-72(41)40-62-35-60(2)34-61(3,36-62)38-63(37-60,39-62)86-27-24-69(25-30-88(80,81)82)59(79)85-33-43-9-4-6-13-49(43)84-29-28-83-26-21-64-52(73)20-23-71-53(74)17-18-54(71)75/h4-18,31H,19-30,32-40H2,1-3H3,(H,64,73)(H,77,78)(H,66,68,76)(H,80,81,82). The van der Waals surface area contributed by atoms with Gasteiger partial charge in [-0.1, -0.05) is 67.6 Å². The summed E-state index contributed by atoms with van der Waals surface area (Å²) in [4.78, 5) is 89.9. The van der Waals surface area contributed by atoms with Crippen LogP contribution in [0.15, 0.2) is 97.2 Å². The van der Waals surface area contributed by atoms with Gasteiger partial charge in [0.05, 0.1) is 47.6 Å². The number of rotatable bonds is 26. The van der Waals surface area contributed by atoms with E-state index in [0.29, 0.717) is 71.4 Å². The maximum atomic E-state index is 13.8. The van der Waals surface area contributed by atoms with Crippen LogP contribution < -0.4 is 20.3 Å². The third kappa shape index (κ3) is 13.9. The van der Waals surface area contributed by atoms with Gasteiger partial charge in [-0.25, -0.2) is 19.6 Å². The van der Waals surface area contributed by atoms with Gasteiger partial charge in [-0.3, -0.25) is 38.6 Å². The first-order chi connectivity index (χ1) is 42.1. The molecule has 3 aromatic heterocycles. The van der Waals surface area contributed by atoms with Crippen molar-refractivity contribution in [3.8, 4) is 16.9 Å². The largest absolute Gasteiger partial charge is 0.491 e.